The SMILES string of the molecule is COc1ccc(CC(=O)NS(=O)(=O)CC2CCCOC2)c(C)c1. The molecule has 1 fully saturated rings. The van der Waals surface area contributed by atoms with Crippen LogP contribution in [0.4, 0.5) is 0 Å². The van der Waals surface area contributed by atoms with Crippen LogP contribution in [0.15, 0.2) is 18.2 Å². The molecule has 1 aliphatic rings. The summed E-state index contributed by atoms with van der Waals surface area (Å²) in [6.07, 6.45) is 1.70. The second-order valence-corrected chi connectivity index (χ2v) is 7.63. The zero-order valence-electron chi connectivity index (χ0n) is 13.5. The van der Waals surface area contributed by atoms with Gasteiger partial charge in [0.05, 0.1) is 25.9 Å². The smallest absolute Gasteiger partial charge is 0.237 e. The van der Waals surface area contributed by atoms with Gasteiger partial charge in [-0.2, -0.15) is 0 Å². The Morgan fingerprint density at radius 3 is 2.83 bits per heavy atom. The summed E-state index contributed by atoms with van der Waals surface area (Å²) in [4.78, 5) is 12.0. The Labute approximate surface area is 137 Å². The Hall–Kier alpha value is -1.60. The molecular weight excluding hydrogens is 318 g/mol. The van der Waals surface area contributed by atoms with Gasteiger partial charge in [0.2, 0.25) is 15.9 Å². The van der Waals surface area contributed by atoms with Crippen LogP contribution in [0.25, 0.3) is 0 Å². The lowest BCUT2D eigenvalue weighted by molar-refractivity contribution is -0.118. The number of rotatable bonds is 6. The molecule has 0 aliphatic carbocycles. The van der Waals surface area contributed by atoms with Crippen LogP contribution >= 0.6 is 0 Å². The minimum Gasteiger partial charge on any atom is -0.497 e. The number of methoxy groups -OCH3 is 1. The van der Waals surface area contributed by atoms with Crippen LogP contribution in [0.3, 0.4) is 0 Å². The number of aryl methyl sites for hydroxylation is 1. The normalized spacial score (nSPS) is 18.4. The predicted octanol–water partition coefficient (Wildman–Crippen LogP) is 1.42. The van der Waals surface area contributed by atoms with Crippen molar-refractivity contribution >= 4 is 15.9 Å². The second-order valence-electron chi connectivity index (χ2n) is 5.86. The molecule has 0 saturated carbocycles. The van der Waals surface area contributed by atoms with E-state index in [0.29, 0.717) is 19.0 Å². The highest BCUT2D eigenvalue weighted by Crippen LogP contribution is 2.18. The molecular formula is C16H23NO5S. The lowest BCUT2D eigenvalue weighted by atomic mass is 10.1. The molecule has 0 aromatic heterocycles. The van der Waals surface area contributed by atoms with Gasteiger partial charge >= 0.3 is 0 Å². The van der Waals surface area contributed by atoms with E-state index in [9.17, 15) is 13.2 Å². The summed E-state index contributed by atoms with van der Waals surface area (Å²) >= 11 is 0. The Balaban J connectivity index is 1.92. The minimum absolute atomic E-state index is 0.0240. The molecule has 1 aromatic carbocycles. The first-order valence-corrected chi connectivity index (χ1v) is 9.29. The van der Waals surface area contributed by atoms with Crippen molar-refractivity contribution in [2.45, 2.75) is 26.2 Å². The zero-order valence-corrected chi connectivity index (χ0v) is 14.3. The largest absolute Gasteiger partial charge is 0.497 e. The monoisotopic (exact) mass is 341 g/mol. The van der Waals surface area contributed by atoms with Crippen LogP contribution < -0.4 is 9.46 Å². The van der Waals surface area contributed by atoms with Gasteiger partial charge in [-0.05, 0) is 48.9 Å². The first-order valence-electron chi connectivity index (χ1n) is 7.64. The average Bonchev–Trinajstić information content (AvgIpc) is 2.49. The molecule has 23 heavy (non-hydrogen) atoms. The number of carbonyl (C=O) groups excluding carboxylic acids is 1. The number of hydrogen-bond donors (Lipinski definition) is 1. The number of hydrogen-bond acceptors (Lipinski definition) is 5. The molecule has 1 amide bonds. The van der Waals surface area contributed by atoms with Crippen LogP contribution in [-0.2, 0) is 26.0 Å². The third-order valence-electron chi connectivity index (χ3n) is 3.88. The van der Waals surface area contributed by atoms with Crippen molar-refractivity contribution in [3.63, 3.8) is 0 Å². The summed E-state index contributed by atoms with van der Waals surface area (Å²) in [7, 11) is -2.06. The standard InChI is InChI=1S/C16H23NO5S/c1-12-8-15(21-2)6-5-14(12)9-16(18)17-23(19,20)11-13-4-3-7-22-10-13/h5-6,8,13H,3-4,7,9-11H2,1-2H3,(H,17,18). The predicted molar refractivity (Wildman–Crippen MR) is 86.9 cm³/mol. The van der Waals surface area contributed by atoms with Crippen LogP contribution in [0, 0.1) is 12.8 Å². The third kappa shape index (κ3) is 5.51. The average molecular weight is 341 g/mol. The molecule has 1 N–H and O–H groups in total. The van der Waals surface area contributed by atoms with E-state index in [0.717, 1.165) is 24.0 Å². The van der Waals surface area contributed by atoms with Gasteiger partial charge in [0.25, 0.3) is 0 Å². The summed E-state index contributed by atoms with van der Waals surface area (Å²) < 4.78 is 36.7. The van der Waals surface area contributed by atoms with E-state index in [1.807, 2.05) is 13.0 Å². The van der Waals surface area contributed by atoms with Gasteiger partial charge in [0, 0.05) is 6.61 Å². The van der Waals surface area contributed by atoms with Gasteiger partial charge in [-0.25, -0.2) is 8.42 Å². The Bertz CT molecular complexity index is 650. The maximum Gasteiger partial charge on any atom is 0.237 e. The van der Waals surface area contributed by atoms with Crippen molar-refractivity contribution in [3.8, 4) is 5.75 Å². The highest BCUT2D eigenvalue weighted by Gasteiger charge is 2.23. The van der Waals surface area contributed by atoms with Crippen molar-refractivity contribution in [3.05, 3.63) is 29.3 Å². The van der Waals surface area contributed by atoms with Crippen LogP contribution in [-0.4, -0.2) is 40.4 Å². The molecule has 6 nitrogen and oxygen atoms in total. The van der Waals surface area contributed by atoms with E-state index < -0.39 is 15.9 Å². The Morgan fingerprint density at radius 1 is 1.43 bits per heavy atom. The van der Waals surface area contributed by atoms with Gasteiger partial charge in [0.1, 0.15) is 5.75 Å². The van der Waals surface area contributed by atoms with Gasteiger partial charge in [0.15, 0.2) is 0 Å². The first kappa shape index (κ1) is 17.7. The van der Waals surface area contributed by atoms with E-state index in [2.05, 4.69) is 4.72 Å². The van der Waals surface area contributed by atoms with Gasteiger partial charge in [-0.1, -0.05) is 6.07 Å². The topological polar surface area (TPSA) is 81.7 Å². The van der Waals surface area contributed by atoms with Gasteiger partial charge < -0.3 is 9.47 Å². The highest BCUT2D eigenvalue weighted by atomic mass is 32.2. The van der Waals surface area contributed by atoms with Crippen molar-refractivity contribution in [2.75, 3.05) is 26.1 Å². The zero-order chi connectivity index (χ0) is 16.9. The summed E-state index contributed by atoms with van der Waals surface area (Å²) in [5.41, 5.74) is 1.66. The molecule has 1 heterocycles. The number of nitrogens with one attached hydrogen (secondary N) is 1. The fraction of sp³-hybridized carbons (Fsp3) is 0.562. The van der Waals surface area contributed by atoms with E-state index in [4.69, 9.17) is 9.47 Å². The number of amides is 1. The summed E-state index contributed by atoms with van der Waals surface area (Å²) in [5.74, 6) is 0.0729. The molecule has 1 saturated heterocycles. The maximum atomic E-state index is 12.1. The van der Waals surface area contributed by atoms with Gasteiger partial charge in [-0.15, -0.1) is 0 Å². The molecule has 2 rings (SSSR count). The van der Waals surface area contributed by atoms with Crippen LogP contribution in [0.1, 0.15) is 24.0 Å². The first-order chi connectivity index (χ1) is 10.9. The van der Waals surface area contributed by atoms with Crippen molar-refractivity contribution in [2.24, 2.45) is 5.92 Å². The highest BCUT2D eigenvalue weighted by molar-refractivity contribution is 7.90. The fourth-order valence-corrected chi connectivity index (χ4v) is 4.05. The van der Waals surface area contributed by atoms with E-state index in [1.54, 1.807) is 19.2 Å². The number of carbonyl (C=O) groups is 1. The summed E-state index contributed by atoms with van der Waals surface area (Å²) in [6.45, 7) is 2.98. The van der Waals surface area contributed by atoms with E-state index in [1.165, 1.54) is 0 Å². The third-order valence-corrected chi connectivity index (χ3v) is 5.33. The number of ether oxygens (including phenoxy) is 2. The quantitative estimate of drug-likeness (QED) is 0.846. The number of benzene rings is 1. The summed E-state index contributed by atoms with van der Waals surface area (Å²) in [6, 6.07) is 5.34. The second kappa shape index (κ2) is 7.79. The maximum absolute atomic E-state index is 12.1. The molecule has 1 aliphatic heterocycles. The molecule has 7 heteroatoms. The van der Waals surface area contributed by atoms with Crippen molar-refractivity contribution < 1.29 is 22.7 Å². The molecule has 0 bridgehead atoms. The lowest BCUT2D eigenvalue weighted by Gasteiger charge is -2.21. The molecule has 0 spiro atoms. The molecule has 0 radical (unpaired) electrons. The summed E-state index contributed by atoms with van der Waals surface area (Å²) in [5, 5.41) is 0. The van der Waals surface area contributed by atoms with Crippen LogP contribution in [0.5, 0.6) is 5.75 Å². The lowest BCUT2D eigenvalue weighted by Crippen LogP contribution is -2.37. The molecule has 1 atom stereocenters. The van der Waals surface area contributed by atoms with Gasteiger partial charge in [-0.3, -0.25) is 9.52 Å². The van der Waals surface area contributed by atoms with E-state index >= 15 is 0 Å². The van der Waals surface area contributed by atoms with Crippen molar-refractivity contribution in [1.29, 1.82) is 0 Å². The fourth-order valence-electron chi connectivity index (χ4n) is 2.67. The Morgan fingerprint density at radius 2 is 2.22 bits per heavy atom. The molecule has 1 aromatic rings. The Kier molecular flexibility index (Phi) is 6.01. The number of sulfonamides is 1. The van der Waals surface area contributed by atoms with Crippen LogP contribution in [0.2, 0.25) is 0 Å². The van der Waals surface area contributed by atoms with Crippen molar-refractivity contribution in [1.82, 2.24) is 4.72 Å². The minimum atomic E-state index is -3.63. The molecule has 1 unspecified atom stereocenters. The van der Waals surface area contributed by atoms with E-state index in [-0.39, 0.29) is 18.1 Å². The molecule has 128 valence electrons.